The van der Waals surface area contributed by atoms with Crippen molar-refractivity contribution in [1.82, 2.24) is 10.2 Å². The first kappa shape index (κ1) is 22.4. The Labute approximate surface area is 170 Å². The highest BCUT2D eigenvalue weighted by atomic mass is 79.9. The van der Waals surface area contributed by atoms with Crippen molar-refractivity contribution in [3.8, 4) is 0 Å². The van der Waals surface area contributed by atoms with E-state index in [1.807, 2.05) is 0 Å². The second-order valence-electron chi connectivity index (χ2n) is 4.63. The molecular weight excluding hydrogens is 486 g/mol. The van der Waals surface area contributed by atoms with Crippen LogP contribution in [-0.2, 0) is 23.9 Å². The zero-order valence-electron chi connectivity index (χ0n) is 12.5. The molecule has 2 amide bonds. The molecule has 0 radical (unpaired) electrons. The summed E-state index contributed by atoms with van der Waals surface area (Å²) in [4.78, 5) is 47.4. The number of rotatable bonds is 7. The molecular formula is C12H12BrCl3N2O6S. The van der Waals surface area contributed by atoms with E-state index in [9.17, 15) is 24.3 Å². The second-order valence-corrected chi connectivity index (χ2v) is 8.65. The molecule has 0 aromatic carbocycles. The van der Waals surface area contributed by atoms with E-state index < -0.39 is 51.1 Å². The van der Waals surface area contributed by atoms with Crippen LogP contribution in [0.3, 0.4) is 0 Å². The predicted octanol–water partition coefficient (Wildman–Crippen LogP) is 1.66. The highest BCUT2D eigenvalue weighted by molar-refractivity contribution is 9.09. The fourth-order valence-corrected chi connectivity index (χ4v) is 3.10. The molecule has 1 fully saturated rings. The zero-order chi connectivity index (χ0) is 19.4. The lowest BCUT2D eigenvalue weighted by Gasteiger charge is -2.45. The Morgan fingerprint density at radius 1 is 1.48 bits per heavy atom. The molecule has 1 heterocycles. The van der Waals surface area contributed by atoms with Gasteiger partial charge in [-0.05, 0) is 0 Å². The van der Waals surface area contributed by atoms with Gasteiger partial charge in [-0.1, -0.05) is 62.5 Å². The third kappa shape index (κ3) is 5.92. The minimum absolute atomic E-state index is 0.182. The Bertz CT molecular complexity index is 612. The van der Waals surface area contributed by atoms with Crippen LogP contribution in [0.1, 0.15) is 6.92 Å². The Kier molecular flexibility index (Phi) is 8.33. The monoisotopic (exact) mass is 496 g/mol. The highest BCUT2D eigenvalue weighted by Gasteiger charge is 2.52. The van der Waals surface area contributed by atoms with E-state index in [-0.39, 0.29) is 5.33 Å². The maximum Gasteiger partial charge on any atom is 0.358 e. The number of hydrogen-bond acceptors (Lipinski definition) is 7. The number of halogens is 4. The number of likely N-dealkylation sites (tertiary alicyclic amines) is 1. The van der Waals surface area contributed by atoms with Crippen LogP contribution in [0.2, 0.25) is 0 Å². The van der Waals surface area contributed by atoms with Gasteiger partial charge in [0.05, 0.1) is 5.33 Å². The van der Waals surface area contributed by atoms with E-state index in [0.29, 0.717) is 17.4 Å². The first-order chi connectivity index (χ1) is 11.5. The zero-order valence-corrected chi connectivity index (χ0v) is 17.2. The van der Waals surface area contributed by atoms with Crippen molar-refractivity contribution in [3.05, 3.63) is 11.5 Å². The van der Waals surface area contributed by atoms with Gasteiger partial charge in [0.1, 0.15) is 23.8 Å². The Balaban J connectivity index is 3.10. The van der Waals surface area contributed by atoms with Gasteiger partial charge >= 0.3 is 5.97 Å². The van der Waals surface area contributed by atoms with Crippen molar-refractivity contribution in [2.24, 2.45) is 0 Å². The van der Waals surface area contributed by atoms with Crippen molar-refractivity contribution in [3.63, 3.8) is 0 Å². The largest absolute Gasteiger partial charge is 0.509 e. The van der Waals surface area contributed by atoms with Gasteiger partial charge in [0, 0.05) is 6.92 Å². The van der Waals surface area contributed by atoms with Gasteiger partial charge in [-0.25, -0.2) is 4.79 Å². The number of ether oxygens (including phenoxy) is 1. The number of alkyl halides is 4. The summed E-state index contributed by atoms with van der Waals surface area (Å²) >= 11 is 20.1. The molecule has 1 aliphatic rings. The summed E-state index contributed by atoms with van der Waals surface area (Å²) in [6.45, 7) is 0.568. The summed E-state index contributed by atoms with van der Waals surface area (Å²) in [5, 5.41) is 11.2. The Hall–Kier alpha value is -0.680. The summed E-state index contributed by atoms with van der Waals surface area (Å²) in [6.07, 6.45) is 0. The van der Waals surface area contributed by atoms with Crippen LogP contribution in [0.25, 0.3) is 0 Å². The lowest BCUT2D eigenvalue weighted by Crippen LogP contribution is -2.69. The topological polar surface area (TPSA) is 113 Å². The summed E-state index contributed by atoms with van der Waals surface area (Å²) < 4.78 is 2.90. The molecule has 0 bridgehead atoms. The maximum absolute atomic E-state index is 12.3. The minimum atomic E-state index is -1.89. The van der Waals surface area contributed by atoms with E-state index in [2.05, 4.69) is 21.2 Å². The average molecular weight is 499 g/mol. The number of carbonyl (C=O) groups is 4. The van der Waals surface area contributed by atoms with Crippen LogP contribution < -0.4 is 5.32 Å². The third-order valence-electron chi connectivity index (χ3n) is 2.80. The standard InChI is InChI=1S/C12H12BrCl3N2O6S/c1-5(20)17-7-9(22)18(10(7)25-4-19)8(6(21)2-13)11(23)24-3-12(14,15)16/h4,7,10,21H,2-3H2,1H3,(H,17,20)/b8-6+. The Morgan fingerprint density at radius 3 is 2.52 bits per heavy atom. The van der Waals surface area contributed by atoms with Crippen molar-refractivity contribution in [2.75, 3.05) is 11.9 Å². The summed E-state index contributed by atoms with van der Waals surface area (Å²) in [6, 6.07) is -1.04. The summed E-state index contributed by atoms with van der Waals surface area (Å²) in [5.41, 5.74) is -0.0777. The molecule has 2 unspecified atom stereocenters. The SMILES string of the molecule is CC(=O)NC1C(=O)N(/C(C(=O)OCC(Cl)(Cl)Cl)=C(/O)CBr)C1SC=O. The molecule has 0 aromatic heterocycles. The third-order valence-corrected chi connectivity index (χ3v) is 4.53. The average Bonchev–Trinajstić information content (AvgIpc) is 2.52. The predicted molar refractivity (Wildman–Crippen MR) is 97.3 cm³/mol. The molecule has 1 saturated heterocycles. The van der Waals surface area contributed by atoms with Gasteiger partial charge in [-0.2, -0.15) is 0 Å². The smallest absolute Gasteiger partial charge is 0.358 e. The van der Waals surface area contributed by atoms with Gasteiger partial charge in [0.25, 0.3) is 5.91 Å². The molecule has 0 saturated carbocycles. The number of β-lactam (4-membered cyclic amide) rings is 1. The molecule has 1 rings (SSSR count). The number of esters is 1. The van der Waals surface area contributed by atoms with Crippen LogP contribution in [0, 0.1) is 0 Å². The molecule has 0 spiro atoms. The molecule has 1 aliphatic heterocycles. The fourth-order valence-electron chi connectivity index (χ4n) is 1.88. The van der Waals surface area contributed by atoms with E-state index in [4.69, 9.17) is 39.5 Å². The van der Waals surface area contributed by atoms with E-state index in [1.165, 1.54) is 6.92 Å². The van der Waals surface area contributed by atoms with Crippen LogP contribution >= 0.6 is 62.5 Å². The second kappa shape index (κ2) is 9.31. The Morgan fingerprint density at radius 2 is 2.08 bits per heavy atom. The summed E-state index contributed by atoms with van der Waals surface area (Å²) in [5.74, 6) is -2.86. The molecule has 0 aliphatic carbocycles. The maximum atomic E-state index is 12.3. The van der Waals surface area contributed by atoms with Gasteiger partial charge in [0.15, 0.2) is 11.3 Å². The number of nitrogens with zero attached hydrogens (tertiary/aromatic N) is 1. The van der Waals surface area contributed by atoms with Crippen molar-refractivity contribution in [1.29, 1.82) is 0 Å². The van der Waals surface area contributed by atoms with Crippen LogP contribution in [0.5, 0.6) is 0 Å². The summed E-state index contributed by atoms with van der Waals surface area (Å²) in [7, 11) is 0. The normalized spacial score (nSPS) is 21.2. The molecule has 13 heteroatoms. The fraction of sp³-hybridized carbons (Fsp3) is 0.500. The first-order valence-corrected chi connectivity index (χ1v) is 9.64. The number of carbonyl (C=O) groups excluding carboxylic acids is 4. The molecule has 140 valence electrons. The molecule has 25 heavy (non-hydrogen) atoms. The first-order valence-electron chi connectivity index (χ1n) is 6.44. The van der Waals surface area contributed by atoms with Gasteiger partial charge < -0.3 is 15.2 Å². The lowest BCUT2D eigenvalue weighted by atomic mass is 10.1. The van der Waals surface area contributed by atoms with Crippen LogP contribution in [0.4, 0.5) is 0 Å². The van der Waals surface area contributed by atoms with Crippen LogP contribution in [0.15, 0.2) is 11.5 Å². The number of aliphatic hydroxyl groups excluding tert-OH is 1. The minimum Gasteiger partial charge on any atom is -0.509 e. The number of thioether (sulfide) groups is 1. The number of nitrogens with one attached hydrogen (secondary N) is 1. The van der Waals surface area contributed by atoms with Crippen molar-refractivity contribution >= 4 is 85.9 Å². The van der Waals surface area contributed by atoms with Crippen LogP contribution in [-0.4, -0.2) is 60.6 Å². The quantitative estimate of drug-likeness (QED) is 0.137. The molecule has 2 N–H and O–H groups in total. The molecule has 0 aromatic rings. The molecule has 8 nitrogen and oxygen atoms in total. The lowest BCUT2D eigenvalue weighted by molar-refractivity contribution is -0.152. The van der Waals surface area contributed by atoms with Gasteiger partial charge in [-0.15, -0.1) is 0 Å². The number of allylic oxidation sites excluding steroid dienone is 1. The van der Waals surface area contributed by atoms with E-state index >= 15 is 0 Å². The van der Waals surface area contributed by atoms with E-state index in [1.54, 1.807) is 0 Å². The van der Waals surface area contributed by atoms with E-state index in [0.717, 1.165) is 4.90 Å². The number of amides is 2. The van der Waals surface area contributed by atoms with Crippen molar-refractivity contribution < 1.29 is 29.0 Å². The number of aliphatic hydroxyl groups is 1. The van der Waals surface area contributed by atoms with Gasteiger partial charge in [0.2, 0.25) is 9.70 Å². The highest BCUT2D eigenvalue weighted by Crippen LogP contribution is 2.35. The van der Waals surface area contributed by atoms with Crippen molar-refractivity contribution in [2.45, 2.75) is 22.1 Å². The number of hydrogen-bond donors (Lipinski definition) is 2. The van der Waals surface area contributed by atoms with Gasteiger partial charge in [-0.3, -0.25) is 19.3 Å². The molecule has 2 atom stereocenters.